The van der Waals surface area contributed by atoms with Crippen molar-refractivity contribution >= 4 is 11.6 Å². The molecule has 0 amide bonds. The first-order chi connectivity index (χ1) is 9.26. The van der Waals surface area contributed by atoms with Crippen LogP contribution in [0.3, 0.4) is 0 Å². The summed E-state index contributed by atoms with van der Waals surface area (Å²) in [5, 5.41) is 0. The largest absolute Gasteiger partial charge is 0.366 e. The van der Waals surface area contributed by atoms with E-state index in [2.05, 4.69) is 15.3 Å². The van der Waals surface area contributed by atoms with Gasteiger partial charge < -0.3 is 9.80 Å². The Labute approximate surface area is 112 Å². The number of hydrazine groups is 1. The lowest BCUT2D eigenvalue weighted by Gasteiger charge is -2.37. The standard InChI is InChI=1S/C13H20FN5/c1-2-16-13(17-15)19-9-7-18(8-10-19)12-6-4-3-5-11(12)14/h3-6H,2,7-10,15H2,1H3,(H,16,17). The van der Waals surface area contributed by atoms with Gasteiger partial charge in [0, 0.05) is 32.7 Å². The van der Waals surface area contributed by atoms with Gasteiger partial charge in [0.25, 0.3) is 0 Å². The summed E-state index contributed by atoms with van der Waals surface area (Å²) in [5.41, 5.74) is 3.29. The second kappa shape index (κ2) is 6.38. The van der Waals surface area contributed by atoms with Gasteiger partial charge >= 0.3 is 0 Å². The van der Waals surface area contributed by atoms with E-state index in [1.54, 1.807) is 6.07 Å². The minimum Gasteiger partial charge on any atom is -0.366 e. The SMILES string of the molecule is CCN=C(NN)N1CCN(c2ccccc2F)CC1. The maximum Gasteiger partial charge on any atom is 0.208 e. The van der Waals surface area contributed by atoms with Crippen LogP contribution < -0.4 is 16.2 Å². The van der Waals surface area contributed by atoms with Gasteiger partial charge in [-0.1, -0.05) is 12.1 Å². The number of benzene rings is 1. The number of guanidine groups is 1. The van der Waals surface area contributed by atoms with E-state index in [9.17, 15) is 4.39 Å². The molecule has 0 aliphatic carbocycles. The summed E-state index contributed by atoms with van der Waals surface area (Å²) in [4.78, 5) is 8.43. The fourth-order valence-electron chi connectivity index (χ4n) is 2.25. The average Bonchev–Trinajstić information content (AvgIpc) is 2.46. The summed E-state index contributed by atoms with van der Waals surface area (Å²) < 4.78 is 13.7. The van der Waals surface area contributed by atoms with Crippen molar-refractivity contribution in [1.82, 2.24) is 10.3 Å². The number of piperazine rings is 1. The first kappa shape index (κ1) is 13.6. The van der Waals surface area contributed by atoms with Crippen molar-refractivity contribution in [2.45, 2.75) is 6.92 Å². The van der Waals surface area contributed by atoms with E-state index in [0.29, 0.717) is 18.2 Å². The number of anilines is 1. The van der Waals surface area contributed by atoms with E-state index >= 15 is 0 Å². The zero-order valence-corrected chi connectivity index (χ0v) is 11.1. The third-order valence-corrected chi connectivity index (χ3v) is 3.21. The van der Waals surface area contributed by atoms with Gasteiger partial charge in [-0.15, -0.1) is 0 Å². The van der Waals surface area contributed by atoms with Gasteiger partial charge in [-0.25, -0.2) is 10.2 Å². The fraction of sp³-hybridized carbons (Fsp3) is 0.462. The molecule has 0 spiro atoms. The van der Waals surface area contributed by atoms with E-state index in [4.69, 9.17) is 5.84 Å². The van der Waals surface area contributed by atoms with Gasteiger partial charge in [-0.3, -0.25) is 10.4 Å². The summed E-state index contributed by atoms with van der Waals surface area (Å²) in [6.45, 7) is 5.71. The molecule has 1 fully saturated rings. The summed E-state index contributed by atoms with van der Waals surface area (Å²) >= 11 is 0. The second-order valence-electron chi connectivity index (χ2n) is 4.37. The van der Waals surface area contributed by atoms with Gasteiger partial charge in [0.2, 0.25) is 5.96 Å². The Balaban J connectivity index is 2.00. The normalized spacial score (nSPS) is 16.7. The van der Waals surface area contributed by atoms with Crippen LogP contribution in [0.1, 0.15) is 6.92 Å². The van der Waals surface area contributed by atoms with Crippen LogP contribution in [0.15, 0.2) is 29.3 Å². The van der Waals surface area contributed by atoms with Crippen LogP contribution in [0.5, 0.6) is 0 Å². The Morgan fingerprint density at radius 2 is 2.00 bits per heavy atom. The summed E-state index contributed by atoms with van der Waals surface area (Å²) in [5.74, 6) is 6.00. The lowest BCUT2D eigenvalue weighted by molar-refractivity contribution is 0.371. The Kier molecular flexibility index (Phi) is 4.57. The number of para-hydroxylation sites is 1. The number of nitrogens with two attached hydrogens (primary N) is 1. The molecular weight excluding hydrogens is 245 g/mol. The molecule has 0 atom stereocenters. The first-order valence-electron chi connectivity index (χ1n) is 6.51. The monoisotopic (exact) mass is 265 g/mol. The Morgan fingerprint density at radius 3 is 2.58 bits per heavy atom. The molecule has 3 N–H and O–H groups in total. The Bertz CT molecular complexity index is 440. The topological polar surface area (TPSA) is 56.9 Å². The van der Waals surface area contributed by atoms with Crippen molar-refractivity contribution in [1.29, 1.82) is 0 Å². The van der Waals surface area contributed by atoms with Crippen LogP contribution in [0, 0.1) is 5.82 Å². The Hall–Kier alpha value is -1.82. The molecular formula is C13H20FN5. The van der Waals surface area contributed by atoms with Crippen molar-refractivity contribution < 1.29 is 4.39 Å². The molecule has 2 rings (SSSR count). The molecule has 1 aliphatic rings. The van der Waals surface area contributed by atoms with Crippen LogP contribution in [0.25, 0.3) is 0 Å². The number of rotatable bonds is 2. The highest BCUT2D eigenvalue weighted by Gasteiger charge is 2.20. The molecule has 19 heavy (non-hydrogen) atoms. The van der Waals surface area contributed by atoms with Crippen LogP contribution >= 0.6 is 0 Å². The molecule has 104 valence electrons. The highest BCUT2D eigenvalue weighted by Crippen LogP contribution is 2.19. The van der Waals surface area contributed by atoms with Crippen LogP contribution in [0.4, 0.5) is 10.1 Å². The molecule has 1 aromatic carbocycles. The molecule has 0 radical (unpaired) electrons. The van der Waals surface area contributed by atoms with Crippen molar-refractivity contribution in [2.75, 3.05) is 37.6 Å². The van der Waals surface area contributed by atoms with E-state index < -0.39 is 0 Å². The van der Waals surface area contributed by atoms with Crippen LogP contribution in [0.2, 0.25) is 0 Å². The van der Waals surface area contributed by atoms with Crippen molar-refractivity contribution in [2.24, 2.45) is 10.8 Å². The maximum atomic E-state index is 13.7. The van der Waals surface area contributed by atoms with E-state index in [0.717, 1.165) is 26.2 Å². The third kappa shape index (κ3) is 3.14. The minimum absolute atomic E-state index is 0.171. The smallest absolute Gasteiger partial charge is 0.208 e. The second-order valence-corrected chi connectivity index (χ2v) is 4.37. The van der Waals surface area contributed by atoms with E-state index in [-0.39, 0.29) is 5.82 Å². The number of aliphatic imine (C=N–C) groups is 1. The Morgan fingerprint density at radius 1 is 1.32 bits per heavy atom. The first-order valence-corrected chi connectivity index (χ1v) is 6.51. The predicted octanol–water partition coefficient (Wildman–Crippen LogP) is 0.787. The highest BCUT2D eigenvalue weighted by molar-refractivity contribution is 5.79. The highest BCUT2D eigenvalue weighted by atomic mass is 19.1. The molecule has 6 heteroatoms. The van der Waals surface area contributed by atoms with E-state index in [1.165, 1.54) is 6.07 Å². The fourth-order valence-corrected chi connectivity index (χ4v) is 2.25. The summed E-state index contributed by atoms with van der Waals surface area (Å²) in [7, 11) is 0. The van der Waals surface area contributed by atoms with Gasteiger partial charge in [0.05, 0.1) is 5.69 Å². The molecule has 0 unspecified atom stereocenters. The quantitative estimate of drug-likeness (QED) is 0.359. The summed E-state index contributed by atoms with van der Waals surface area (Å²) in [6, 6.07) is 6.87. The molecule has 0 aromatic heterocycles. The molecule has 1 saturated heterocycles. The van der Waals surface area contributed by atoms with Crippen LogP contribution in [-0.2, 0) is 0 Å². The van der Waals surface area contributed by atoms with E-state index in [1.807, 2.05) is 24.0 Å². The third-order valence-electron chi connectivity index (χ3n) is 3.21. The molecule has 0 bridgehead atoms. The molecule has 0 saturated carbocycles. The number of halogens is 1. The molecule has 5 nitrogen and oxygen atoms in total. The van der Waals surface area contributed by atoms with Gasteiger partial charge in [0.15, 0.2) is 0 Å². The number of hydrogen-bond donors (Lipinski definition) is 2. The zero-order chi connectivity index (χ0) is 13.7. The van der Waals surface area contributed by atoms with Crippen molar-refractivity contribution in [3.63, 3.8) is 0 Å². The zero-order valence-electron chi connectivity index (χ0n) is 11.1. The number of nitrogens with zero attached hydrogens (tertiary/aromatic N) is 3. The van der Waals surface area contributed by atoms with Gasteiger partial charge in [-0.05, 0) is 19.1 Å². The summed E-state index contributed by atoms with van der Waals surface area (Å²) in [6.07, 6.45) is 0. The van der Waals surface area contributed by atoms with Gasteiger partial charge in [-0.2, -0.15) is 0 Å². The minimum atomic E-state index is -0.171. The van der Waals surface area contributed by atoms with Crippen LogP contribution in [-0.4, -0.2) is 43.6 Å². The molecule has 1 heterocycles. The van der Waals surface area contributed by atoms with Crippen molar-refractivity contribution in [3.8, 4) is 0 Å². The van der Waals surface area contributed by atoms with Gasteiger partial charge in [0.1, 0.15) is 5.82 Å². The lowest BCUT2D eigenvalue weighted by Crippen LogP contribution is -2.54. The predicted molar refractivity (Wildman–Crippen MR) is 75.5 cm³/mol. The molecule has 1 aromatic rings. The number of hydrogen-bond acceptors (Lipinski definition) is 3. The maximum absolute atomic E-state index is 13.7. The molecule has 1 aliphatic heterocycles. The van der Waals surface area contributed by atoms with Crippen molar-refractivity contribution in [3.05, 3.63) is 30.1 Å². The number of nitrogens with one attached hydrogen (secondary N) is 1. The average molecular weight is 265 g/mol. The lowest BCUT2D eigenvalue weighted by atomic mass is 10.2.